The number of amides is 3. The number of rotatable bonds is 4. The maximum absolute atomic E-state index is 12.8. The number of benzene rings is 1. The summed E-state index contributed by atoms with van der Waals surface area (Å²) in [5, 5.41) is 3.14. The van der Waals surface area contributed by atoms with E-state index in [1.165, 1.54) is 11.8 Å². The van der Waals surface area contributed by atoms with Crippen LogP contribution in [0.5, 0.6) is 0 Å². The Kier molecular flexibility index (Phi) is 6.65. The minimum absolute atomic E-state index is 0.0378. The van der Waals surface area contributed by atoms with Crippen molar-refractivity contribution in [3.05, 3.63) is 29.8 Å². The number of amidine groups is 1. The van der Waals surface area contributed by atoms with Crippen LogP contribution < -0.4 is 5.32 Å². The van der Waals surface area contributed by atoms with Gasteiger partial charge in [0, 0.05) is 43.9 Å². The highest BCUT2D eigenvalue weighted by Gasteiger charge is 2.33. The van der Waals surface area contributed by atoms with Gasteiger partial charge in [0.2, 0.25) is 5.91 Å². The lowest BCUT2D eigenvalue weighted by atomic mass is 9.91. The Morgan fingerprint density at radius 2 is 1.74 bits per heavy atom. The van der Waals surface area contributed by atoms with E-state index in [0.29, 0.717) is 23.1 Å². The van der Waals surface area contributed by atoms with Crippen LogP contribution in [0.4, 0.5) is 5.69 Å². The highest BCUT2D eigenvalue weighted by atomic mass is 32.2. The molecule has 0 bridgehead atoms. The molecule has 0 spiro atoms. The van der Waals surface area contributed by atoms with Gasteiger partial charge in [-0.15, -0.1) is 0 Å². The van der Waals surface area contributed by atoms with Crippen LogP contribution in [-0.2, 0) is 9.59 Å². The van der Waals surface area contributed by atoms with Crippen molar-refractivity contribution in [3.63, 3.8) is 0 Å². The second-order valence-electron chi connectivity index (χ2n) is 9.02. The molecule has 166 valence electrons. The van der Waals surface area contributed by atoms with Gasteiger partial charge in [-0.1, -0.05) is 25.6 Å². The SMILES string of the molecule is CC1CC(C)CN(C(=O)c2ccc(NC(=O)CC3SC(N4CCCC4)=NC3=O)cc2)C1. The van der Waals surface area contributed by atoms with Crippen molar-refractivity contribution in [2.45, 2.75) is 44.8 Å². The van der Waals surface area contributed by atoms with Gasteiger partial charge in [-0.05, 0) is 55.4 Å². The van der Waals surface area contributed by atoms with Crippen LogP contribution >= 0.6 is 11.8 Å². The second-order valence-corrected chi connectivity index (χ2v) is 10.2. The van der Waals surface area contributed by atoms with E-state index >= 15 is 0 Å². The molecule has 1 N–H and O–H groups in total. The lowest BCUT2D eigenvalue weighted by molar-refractivity contribution is -0.121. The van der Waals surface area contributed by atoms with E-state index in [-0.39, 0.29) is 24.1 Å². The number of aliphatic imine (C=N–C) groups is 1. The first-order valence-corrected chi connectivity index (χ1v) is 12.0. The molecule has 0 aromatic heterocycles. The topological polar surface area (TPSA) is 82.1 Å². The molecule has 3 aliphatic rings. The average molecular weight is 443 g/mol. The van der Waals surface area contributed by atoms with E-state index in [0.717, 1.165) is 50.6 Å². The van der Waals surface area contributed by atoms with Crippen LogP contribution in [0.15, 0.2) is 29.3 Å². The molecule has 3 aliphatic heterocycles. The number of thioether (sulfide) groups is 1. The van der Waals surface area contributed by atoms with E-state index < -0.39 is 5.25 Å². The number of hydrogen-bond donors (Lipinski definition) is 1. The molecular weight excluding hydrogens is 412 g/mol. The van der Waals surface area contributed by atoms with Crippen molar-refractivity contribution in [3.8, 4) is 0 Å². The van der Waals surface area contributed by atoms with Crippen molar-refractivity contribution in [1.82, 2.24) is 9.80 Å². The Morgan fingerprint density at radius 3 is 2.39 bits per heavy atom. The van der Waals surface area contributed by atoms with E-state index in [2.05, 4.69) is 29.1 Å². The van der Waals surface area contributed by atoms with Gasteiger partial charge in [-0.2, -0.15) is 4.99 Å². The number of carbonyl (C=O) groups excluding carboxylic acids is 3. The molecule has 3 unspecified atom stereocenters. The monoisotopic (exact) mass is 442 g/mol. The van der Waals surface area contributed by atoms with E-state index in [9.17, 15) is 14.4 Å². The number of piperidine rings is 1. The summed E-state index contributed by atoms with van der Waals surface area (Å²) >= 11 is 1.39. The Hall–Kier alpha value is -2.35. The third-order valence-electron chi connectivity index (χ3n) is 6.05. The molecule has 7 nitrogen and oxygen atoms in total. The van der Waals surface area contributed by atoms with Gasteiger partial charge >= 0.3 is 0 Å². The van der Waals surface area contributed by atoms with E-state index in [1.807, 2.05) is 4.90 Å². The number of nitrogens with one attached hydrogen (secondary N) is 1. The minimum atomic E-state index is -0.459. The number of likely N-dealkylation sites (tertiary alicyclic amines) is 2. The van der Waals surface area contributed by atoms with Gasteiger partial charge in [0.15, 0.2) is 5.17 Å². The molecule has 8 heteroatoms. The van der Waals surface area contributed by atoms with Crippen molar-refractivity contribution in [2.24, 2.45) is 16.8 Å². The number of nitrogens with zero attached hydrogens (tertiary/aromatic N) is 3. The normalized spacial score (nSPS) is 26.2. The summed E-state index contributed by atoms with van der Waals surface area (Å²) in [4.78, 5) is 45.7. The van der Waals surface area contributed by atoms with Crippen molar-refractivity contribution < 1.29 is 14.4 Å². The zero-order valence-electron chi connectivity index (χ0n) is 18.2. The highest BCUT2D eigenvalue weighted by molar-refractivity contribution is 8.15. The largest absolute Gasteiger partial charge is 0.351 e. The zero-order chi connectivity index (χ0) is 22.0. The molecule has 4 rings (SSSR count). The van der Waals surface area contributed by atoms with Gasteiger partial charge in [0.25, 0.3) is 11.8 Å². The summed E-state index contributed by atoms with van der Waals surface area (Å²) in [6.45, 7) is 7.80. The fourth-order valence-corrected chi connectivity index (χ4v) is 5.76. The van der Waals surface area contributed by atoms with Gasteiger partial charge in [-0.25, -0.2) is 0 Å². The maximum Gasteiger partial charge on any atom is 0.262 e. The molecule has 2 saturated heterocycles. The molecule has 3 amide bonds. The first kappa shape index (κ1) is 21.9. The van der Waals surface area contributed by atoms with E-state index in [4.69, 9.17) is 0 Å². The average Bonchev–Trinajstić information content (AvgIpc) is 3.38. The summed E-state index contributed by atoms with van der Waals surface area (Å²) in [5.41, 5.74) is 1.25. The first-order chi connectivity index (χ1) is 14.9. The van der Waals surface area contributed by atoms with Gasteiger partial charge in [0.1, 0.15) is 5.25 Å². The van der Waals surface area contributed by atoms with Crippen LogP contribution in [0.1, 0.15) is 49.9 Å². The molecule has 1 aromatic rings. The summed E-state index contributed by atoms with van der Waals surface area (Å²) in [6.07, 6.45) is 3.48. The standard InChI is InChI=1S/C23H30N4O3S/c1-15-11-16(2)14-27(13-15)22(30)17-5-7-18(8-6-17)24-20(28)12-19-21(29)25-23(31-19)26-9-3-4-10-26/h5-8,15-16,19H,3-4,9-14H2,1-2H3,(H,24,28). The molecule has 1 aromatic carbocycles. The molecule has 3 heterocycles. The smallest absolute Gasteiger partial charge is 0.262 e. The van der Waals surface area contributed by atoms with Crippen molar-refractivity contribution in [2.75, 3.05) is 31.5 Å². The Bertz CT molecular complexity index is 869. The highest BCUT2D eigenvalue weighted by Crippen LogP contribution is 2.29. The van der Waals surface area contributed by atoms with Crippen LogP contribution in [0, 0.1) is 11.8 Å². The zero-order valence-corrected chi connectivity index (χ0v) is 19.0. The van der Waals surface area contributed by atoms with Crippen molar-refractivity contribution in [1.29, 1.82) is 0 Å². The summed E-state index contributed by atoms with van der Waals surface area (Å²) in [6, 6.07) is 7.01. The fourth-order valence-electron chi connectivity index (χ4n) is 4.64. The Morgan fingerprint density at radius 1 is 1.10 bits per heavy atom. The van der Waals surface area contributed by atoms with Gasteiger partial charge < -0.3 is 15.1 Å². The van der Waals surface area contributed by atoms with E-state index in [1.54, 1.807) is 24.3 Å². The predicted octanol–water partition coefficient (Wildman–Crippen LogP) is 3.23. The minimum Gasteiger partial charge on any atom is -0.351 e. The molecule has 0 radical (unpaired) electrons. The molecule has 0 saturated carbocycles. The quantitative estimate of drug-likeness (QED) is 0.774. The van der Waals surface area contributed by atoms with Crippen molar-refractivity contribution >= 4 is 40.3 Å². The lowest BCUT2D eigenvalue weighted by Gasteiger charge is -2.35. The second kappa shape index (κ2) is 9.42. The number of hydrogen-bond acceptors (Lipinski definition) is 5. The summed E-state index contributed by atoms with van der Waals surface area (Å²) in [7, 11) is 0. The first-order valence-electron chi connectivity index (χ1n) is 11.1. The summed E-state index contributed by atoms with van der Waals surface area (Å²) < 4.78 is 0. The number of carbonyl (C=O) groups is 3. The van der Waals surface area contributed by atoms with Crippen LogP contribution in [0.3, 0.4) is 0 Å². The van der Waals surface area contributed by atoms with Crippen LogP contribution in [-0.4, -0.2) is 64.1 Å². The molecule has 3 atom stereocenters. The third-order valence-corrected chi connectivity index (χ3v) is 7.26. The summed E-state index contributed by atoms with van der Waals surface area (Å²) in [5.74, 6) is 0.611. The Labute approximate surface area is 187 Å². The third kappa shape index (κ3) is 5.29. The maximum atomic E-state index is 12.8. The Balaban J connectivity index is 1.29. The molecular formula is C23H30N4O3S. The molecule has 0 aliphatic carbocycles. The number of anilines is 1. The van der Waals surface area contributed by atoms with Gasteiger partial charge in [-0.3, -0.25) is 14.4 Å². The van der Waals surface area contributed by atoms with Gasteiger partial charge in [0.05, 0.1) is 0 Å². The predicted molar refractivity (Wildman–Crippen MR) is 123 cm³/mol. The van der Waals surface area contributed by atoms with Crippen LogP contribution in [0.25, 0.3) is 0 Å². The van der Waals surface area contributed by atoms with Crippen LogP contribution in [0.2, 0.25) is 0 Å². The lowest BCUT2D eigenvalue weighted by Crippen LogP contribution is -2.42. The molecule has 2 fully saturated rings. The fraction of sp³-hybridized carbons (Fsp3) is 0.565. The molecule has 31 heavy (non-hydrogen) atoms.